The molecule has 1 N–H and O–H groups in total. The number of hydrogen-bond donors (Lipinski definition) is 1. The van der Waals surface area contributed by atoms with Gasteiger partial charge in [-0.25, -0.2) is 0 Å². The Kier molecular flexibility index (Phi) is 4.20. The van der Waals surface area contributed by atoms with E-state index in [9.17, 15) is 0 Å². The van der Waals surface area contributed by atoms with Gasteiger partial charge >= 0.3 is 0 Å². The lowest BCUT2D eigenvalue weighted by atomic mass is 10.1. The topological polar surface area (TPSA) is 66.5 Å². The molecule has 0 aliphatic carbocycles. The number of fused-ring (bicyclic) bond motifs is 1. The number of anilines is 1. The summed E-state index contributed by atoms with van der Waals surface area (Å²) in [5.41, 5.74) is 1.07. The van der Waals surface area contributed by atoms with E-state index in [1.807, 2.05) is 19.1 Å². The van der Waals surface area contributed by atoms with Crippen LogP contribution in [0.25, 0.3) is 0 Å². The Bertz CT molecular complexity index is 727. The highest BCUT2D eigenvalue weighted by atomic mass is 35.5. The van der Waals surface area contributed by atoms with Crippen LogP contribution in [0.4, 0.5) is 5.95 Å². The van der Waals surface area contributed by atoms with Crippen molar-refractivity contribution in [3.05, 3.63) is 28.5 Å². The molecular formula is C16H20ClN5O2. The van der Waals surface area contributed by atoms with Gasteiger partial charge in [0.2, 0.25) is 5.95 Å². The molecule has 24 heavy (non-hydrogen) atoms. The van der Waals surface area contributed by atoms with E-state index in [2.05, 4.69) is 25.0 Å². The van der Waals surface area contributed by atoms with Crippen molar-refractivity contribution < 1.29 is 9.47 Å². The molecule has 8 heteroatoms. The second-order valence-corrected chi connectivity index (χ2v) is 6.48. The number of piperazine rings is 1. The van der Waals surface area contributed by atoms with Crippen LogP contribution in [-0.4, -0.2) is 59.5 Å². The van der Waals surface area contributed by atoms with Crippen molar-refractivity contribution in [2.45, 2.75) is 13.5 Å². The fourth-order valence-electron chi connectivity index (χ4n) is 3.05. The predicted octanol–water partition coefficient (Wildman–Crippen LogP) is 1.86. The smallest absolute Gasteiger partial charge is 0.244 e. The number of nitrogens with one attached hydrogen (secondary N) is 1. The molecule has 0 radical (unpaired) electrons. The molecule has 0 amide bonds. The molecule has 3 heterocycles. The van der Waals surface area contributed by atoms with Gasteiger partial charge in [-0.05, 0) is 18.6 Å². The summed E-state index contributed by atoms with van der Waals surface area (Å²) in [4.78, 5) is 8.98. The molecular weight excluding hydrogens is 330 g/mol. The molecule has 1 saturated heterocycles. The van der Waals surface area contributed by atoms with Crippen LogP contribution in [0.5, 0.6) is 11.5 Å². The first-order valence-electron chi connectivity index (χ1n) is 8.13. The average molecular weight is 350 g/mol. The molecule has 2 aliphatic rings. The highest BCUT2D eigenvalue weighted by Crippen LogP contribution is 2.35. The molecule has 4 rings (SSSR count). The standard InChI is InChI=1S/C16H20ClN5O2/c1-11-18-16(20-19-11)22-4-2-21(3-5-22)10-12-8-14-15(9-13(12)17)24-7-6-23-14/h8-9H,2-7,10H2,1H3,(H,18,19,20). The Morgan fingerprint density at radius 2 is 1.83 bits per heavy atom. The van der Waals surface area contributed by atoms with Gasteiger partial charge in [0.15, 0.2) is 11.5 Å². The molecule has 2 aliphatic heterocycles. The molecule has 0 spiro atoms. The Labute approximate surface area is 145 Å². The Balaban J connectivity index is 1.40. The molecule has 0 unspecified atom stereocenters. The number of aromatic amines is 1. The summed E-state index contributed by atoms with van der Waals surface area (Å²) in [6.07, 6.45) is 0. The monoisotopic (exact) mass is 349 g/mol. The summed E-state index contributed by atoms with van der Waals surface area (Å²) in [6.45, 7) is 7.57. The second-order valence-electron chi connectivity index (χ2n) is 6.07. The van der Waals surface area contributed by atoms with E-state index in [1.165, 1.54) is 0 Å². The van der Waals surface area contributed by atoms with Gasteiger partial charge in [-0.1, -0.05) is 11.6 Å². The van der Waals surface area contributed by atoms with Crippen molar-refractivity contribution in [1.29, 1.82) is 0 Å². The fourth-order valence-corrected chi connectivity index (χ4v) is 3.26. The van der Waals surface area contributed by atoms with Crippen LogP contribution in [0.3, 0.4) is 0 Å². The lowest BCUT2D eigenvalue weighted by Crippen LogP contribution is -2.46. The van der Waals surface area contributed by atoms with Crippen LogP contribution in [0.1, 0.15) is 11.4 Å². The number of aromatic nitrogens is 3. The molecule has 1 aromatic heterocycles. The molecule has 0 atom stereocenters. The van der Waals surface area contributed by atoms with Gasteiger partial charge < -0.3 is 14.4 Å². The lowest BCUT2D eigenvalue weighted by Gasteiger charge is -2.34. The number of rotatable bonds is 3. The minimum Gasteiger partial charge on any atom is -0.486 e. The number of nitrogens with zero attached hydrogens (tertiary/aromatic N) is 4. The maximum Gasteiger partial charge on any atom is 0.244 e. The van der Waals surface area contributed by atoms with Gasteiger partial charge in [0.05, 0.1) is 0 Å². The third-order valence-corrected chi connectivity index (χ3v) is 4.70. The maximum atomic E-state index is 6.41. The van der Waals surface area contributed by atoms with Crippen LogP contribution < -0.4 is 14.4 Å². The summed E-state index contributed by atoms with van der Waals surface area (Å²) >= 11 is 6.41. The van der Waals surface area contributed by atoms with Gasteiger partial charge in [0.25, 0.3) is 0 Å². The van der Waals surface area contributed by atoms with Crippen LogP contribution in [0.15, 0.2) is 12.1 Å². The zero-order valence-corrected chi connectivity index (χ0v) is 14.3. The summed E-state index contributed by atoms with van der Waals surface area (Å²) in [5, 5.41) is 7.85. The SMILES string of the molecule is Cc1nc(N2CCN(Cc3cc4c(cc3Cl)OCCO4)CC2)n[nH]1. The highest BCUT2D eigenvalue weighted by Gasteiger charge is 2.22. The first kappa shape index (κ1) is 15.5. The highest BCUT2D eigenvalue weighted by molar-refractivity contribution is 6.31. The molecule has 0 bridgehead atoms. The fraction of sp³-hybridized carbons (Fsp3) is 0.500. The molecule has 0 saturated carbocycles. The van der Waals surface area contributed by atoms with Crippen LogP contribution >= 0.6 is 11.6 Å². The van der Waals surface area contributed by atoms with Gasteiger partial charge in [-0.2, -0.15) is 4.98 Å². The van der Waals surface area contributed by atoms with Crippen LogP contribution in [-0.2, 0) is 6.54 Å². The Hall–Kier alpha value is -1.99. The first-order chi connectivity index (χ1) is 11.7. The van der Waals surface area contributed by atoms with Crippen molar-refractivity contribution in [1.82, 2.24) is 20.1 Å². The van der Waals surface area contributed by atoms with Gasteiger partial charge in [0, 0.05) is 43.8 Å². The molecule has 128 valence electrons. The normalized spacial score (nSPS) is 18.0. The van der Waals surface area contributed by atoms with E-state index in [0.717, 1.165) is 66.6 Å². The van der Waals surface area contributed by atoms with Crippen LogP contribution in [0.2, 0.25) is 5.02 Å². The van der Waals surface area contributed by atoms with Gasteiger partial charge in [-0.3, -0.25) is 10.00 Å². The summed E-state index contributed by atoms with van der Waals surface area (Å²) < 4.78 is 11.2. The second kappa shape index (κ2) is 6.49. The van der Waals surface area contributed by atoms with Gasteiger partial charge in [-0.15, -0.1) is 5.10 Å². The Morgan fingerprint density at radius 3 is 2.50 bits per heavy atom. The first-order valence-corrected chi connectivity index (χ1v) is 8.51. The van der Waals surface area contributed by atoms with Crippen molar-refractivity contribution in [2.75, 3.05) is 44.3 Å². The van der Waals surface area contributed by atoms with E-state index in [1.54, 1.807) is 0 Å². The van der Waals surface area contributed by atoms with E-state index >= 15 is 0 Å². The zero-order valence-electron chi connectivity index (χ0n) is 13.6. The summed E-state index contributed by atoms with van der Waals surface area (Å²) in [5.74, 6) is 3.15. The molecule has 7 nitrogen and oxygen atoms in total. The third kappa shape index (κ3) is 3.14. The Morgan fingerprint density at radius 1 is 1.12 bits per heavy atom. The van der Waals surface area contributed by atoms with E-state index in [-0.39, 0.29) is 0 Å². The summed E-state index contributed by atoms with van der Waals surface area (Å²) in [6, 6.07) is 3.86. The largest absolute Gasteiger partial charge is 0.486 e. The third-order valence-electron chi connectivity index (χ3n) is 4.35. The average Bonchev–Trinajstić information content (AvgIpc) is 3.03. The van der Waals surface area contributed by atoms with E-state index < -0.39 is 0 Å². The minimum absolute atomic E-state index is 0.575. The predicted molar refractivity (Wildman–Crippen MR) is 91.1 cm³/mol. The lowest BCUT2D eigenvalue weighted by molar-refractivity contribution is 0.171. The number of hydrogen-bond acceptors (Lipinski definition) is 6. The number of benzene rings is 1. The zero-order chi connectivity index (χ0) is 16.5. The maximum absolute atomic E-state index is 6.41. The number of aryl methyl sites for hydroxylation is 1. The van der Waals surface area contributed by atoms with E-state index in [0.29, 0.717) is 13.2 Å². The molecule has 1 aromatic carbocycles. The summed E-state index contributed by atoms with van der Waals surface area (Å²) in [7, 11) is 0. The molecule has 1 fully saturated rings. The molecule has 2 aromatic rings. The van der Waals surface area contributed by atoms with Crippen molar-refractivity contribution in [3.63, 3.8) is 0 Å². The van der Waals surface area contributed by atoms with Crippen LogP contribution in [0, 0.1) is 6.92 Å². The quantitative estimate of drug-likeness (QED) is 0.912. The van der Waals surface area contributed by atoms with Crippen molar-refractivity contribution in [2.24, 2.45) is 0 Å². The number of H-pyrrole nitrogens is 1. The van der Waals surface area contributed by atoms with Gasteiger partial charge in [0.1, 0.15) is 19.0 Å². The van der Waals surface area contributed by atoms with E-state index in [4.69, 9.17) is 21.1 Å². The number of ether oxygens (including phenoxy) is 2. The van der Waals surface area contributed by atoms with Crippen molar-refractivity contribution in [3.8, 4) is 11.5 Å². The number of halogens is 1. The van der Waals surface area contributed by atoms with Crippen molar-refractivity contribution >= 4 is 17.5 Å². The minimum atomic E-state index is 0.575.